The van der Waals surface area contributed by atoms with Crippen molar-refractivity contribution in [2.24, 2.45) is 0 Å². The summed E-state index contributed by atoms with van der Waals surface area (Å²) in [5.74, 6) is 1.51. The van der Waals surface area contributed by atoms with Crippen molar-refractivity contribution in [2.75, 3.05) is 24.6 Å². The Balaban J connectivity index is 1.99. The van der Waals surface area contributed by atoms with E-state index in [-0.39, 0.29) is 11.4 Å². The van der Waals surface area contributed by atoms with E-state index in [2.05, 4.69) is 13.8 Å². The van der Waals surface area contributed by atoms with Gasteiger partial charge in [-0.1, -0.05) is 26.0 Å². The SMILES string of the molecule is COc1ccc2c(c1)OCCN2S(=O)(=O)c1ccc(C(C)C)cc1. The second-order valence-corrected chi connectivity index (χ2v) is 7.85. The van der Waals surface area contributed by atoms with Gasteiger partial charge in [-0.05, 0) is 35.7 Å². The first-order valence-corrected chi connectivity index (χ1v) is 9.31. The molecule has 0 unspecified atom stereocenters. The van der Waals surface area contributed by atoms with E-state index in [0.717, 1.165) is 5.56 Å². The molecule has 5 nitrogen and oxygen atoms in total. The Labute approximate surface area is 142 Å². The van der Waals surface area contributed by atoms with E-state index in [4.69, 9.17) is 9.47 Å². The molecule has 1 aliphatic rings. The maximum Gasteiger partial charge on any atom is 0.264 e. The van der Waals surface area contributed by atoms with Crippen LogP contribution in [-0.2, 0) is 10.0 Å². The molecule has 0 radical (unpaired) electrons. The number of fused-ring (bicyclic) bond motifs is 1. The van der Waals surface area contributed by atoms with Gasteiger partial charge in [0.05, 0.1) is 24.2 Å². The second-order valence-electron chi connectivity index (χ2n) is 5.98. The summed E-state index contributed by atoms with van der Waals surface area (Å²) in [4.78, 5) is 0.288. The van der Waals surface area contributed by atoms with Crippen LogP contribution in [0.25, 0.3) is 0 Å². The highest BCUT2D eigenvalue weighted by molar-refractivity contribution is 7.92. The van der Waals surface area contributed by atoms with Gasteiger partial charge >= 0.3 is 0 Å². The first-order valence-electron chi connectivity index (χ1n) is 7.87. The van der Waals surface area contributed by atoms with Crippen LogP contribution in [0, 0.1) is 0 Å². The molecule has 0 saturated carbocycles. The minimum atomic E-state index is -3.62. The molecule has 0 bridgehead atoms. The number of sulfonamides is 1. The molecule has 0 aliphatic carbocycles. The average Bonchev–Trinajstić information content (AvgIpc) is 2.60. The van der Waals surface area contributed by atoms with E-state index >= 15 is 0 Å². The maximum absolute atomic E-state index is 13.0. The predicted octanol–water partition coefficient (Wildman–Crippen LogP) is 3.41. The van der Waals surface area contributed by atoms with Crippen LogP contribution in [0.2, 0.25) is 0 Å². The van der Waals surface area contributed by atoms with E-state index in [0.29, 0.717) is 29.7 Å². The van der Waals surface area contributed by atoms with Crippen LogP contribution in [0.5, 0.6) is 11.5 Å². The molecule has 3 rings (SSSR count). The van der Waals surface area contributed by atoms with Crippen LogP contribution in [0.4, 0.5) is 5.69 Å². The summed E-state index contributed by atoms with van der Waals surface area (Å²) >= 11 is 0. The smallest absolute Gasteiger partial charge is 0.264 e. The largest absolute Gasteiger partial charge is 0.497 e. The third-order valence-electron chi connectivity index (χ3n) is 4.12. The lowest BCUT2D eigenvalue weighted by Crippen LogP contribution is -2.37. The van der Waals surface area contributed by atoms with Gasteiger partial charge < -0.3 is 9.47 Å². The number of hydrogen-bond acceptors (Lipinski definition) is 4. The van der Waals surface area contributed by atoms with Crippen molar-refractivity contribution in [3.8, 4) is 11.5 Å². The Kier molecular flexibility index (Phi) is 4.41. The van der Waals surface area contributed by atoms with Crippen molar-refractivity contribution >= 4 is 15.7 Å². The Bertz CT molecular complexity index is 829. The van der Waals surface area contributed by atoms with E-state index < -0.39 is 10.0 Å². The van der Waals surface area contributed by atoms with Gasteiger partial charge in [0.25, 0.3) is 10.0 Å². The van der Waals surface area contributed by atoms with Crippen molar-refractivity contribution in [1.82, 2.24) is 0 Å². The minimum absolute atomic E-state index is 0.285. The highest BCUT2D eigenvalue weighted by Gasteiger charge is 2.30. The van der Waals surface area contributed by atoms with Gasteiger partial charge in [-0.3, -0.25) is 4.31 Å². The number of ether oxygens (including phenoxy) is 2. The van der Waals surface area contributed by atoms with Gasteiger partial charge in [-0.15, -0.1) is 0 Å². The van der Waals surface area contributed by atoms with Crippen LogP contribution in [0.15, 0.2) is 47.4 Å². The number of nitrogens with zero attached hydrogens (tertiary/aromatic N) is 1. The number of benzene rings is 2. The fourth-order valence-corrected chi connectivity index (χ4v) is 4.16. The third kappa shape index (κ3) is 2.94. The molecule has 24 heavy (non-hydrogen) atoms. The molecule has 0 saturated heterocycles. The molecule has 6 heteroatoms. The molecule has 2 aromatic rings. The molecule has 0 aromatic heterocycles. The van der Waals surface area contributed by atoms with Crippen LogP contribution in [0.3, 0.4) is 0 Å². The van der Waals surface area contributed by atoms with E-state index in [9.17, 15) is 8.42 Å². The quantitative estimate of drug-likeness (QED) is 0.850. The molecule has 2 aromatic carbocycles. The zero-order valence-electron chi connectivity index (χ0n) is 14.0. The molecule has 0 fully saturated rings. The van der Waals surface area contributed by atoms with Crippen molar-refractivity contribution in [1.29, 1.82) is 0 Å². The van der Waals surface area contributed by atoms with Gasteiger partial charge in [0, 0.05) is 6.07 Å². The summed E-state index contributed by atoms with van der Waals surface area (Å²) in [6, 6.07) is 12.2. The second kappa shape index (κ2) is 6.36. The lowest BCUT2D eigenvalue weighted by molar-refractivity contribution is 0.313. The monoisotopic (exact) mass is 347 g/mol. The Morgan fingerprint density at radius 2 is 1.83 bits per heavy atom. The maximum atomic E-state index is 13.0. The zero-order valence-corrected chi connectivity index (χ0v) is 14.8. The first kappa shape index (κ1) is 16.6. The Hall–Kier alpha value is -2.21. The topological polar surface area (TPSA) is 55.8 Å². The normalized spacial score (nSPS) is 14.2. The standard InChI is InChI=1S/C18H21NO4S/c1-13(2)14-4-7-16(8-5-14)24(20,21)19-10-11-23-18-12-15(22-3)6-9-17(18)19/h4-9,12-13H,10-11H2,1-3H3. The van der Waals surface area contributed by atoms with Crippen LogP contribution in [-0.4, -0.2) is 28.7 Å². The van der Waals surface area contributed by atoms with E-state index in [1.54, 1.807) is 37.4 Å². The van der Waals surface area contributed by atoms with Gasteiger partial charge in [-0.25, -0.2) is 8.42 Å². The van der Waals surface area contributed by atoms with Gasteiger partial charge in [0.2, 0.25) is 0 Å². The molecule has 1 aliphatic heterocycles. The fourth-order valence-electron chi connectivity index (χ4n) is 2.70. The summed E-state index contributed by atoms with van der Waals surface area (Å²) in [6.07, 6.45) is 0. The highest BCUT2D eigenvalue weighted by Crippen LogP contribution is 2.37. The molecule has 0 N–H and O–H groups in total. The van der Waals surface area contributed by atoms with Crippen molar-refractivity contribution in [2.45, 2.75) is 24.7 Å². The minimum Gasteiger partial charge on any atom is -0.497 e. The predicted molar refractivity (Wildman–Crippen MR) is 93.6 cm³/mol. The number of methoxy groups -OCH3 is 1. The Morgan fingerprint density at radius 1 is 1.12 bits per heavy atom. The molecule has 128 valence electrons. The summed E-state index contributed by atoms with van der Waals surface area (Å²) in [6.45, 7) is 4.75. The molecule has 0 amide bonds. The summed E-state index contributed by atoms with van der Waals surface area (Å²) in [5.41, 5.74) is 1.65. The molecule has 0 spiro atoms. The van der Waals surface area contributed by atoms with Gasteiger partial charge in [-0.2, -0.15) is 0 Å². The van der Waals surface area contributed by atoms with Gasteiger partial charge in [0.15, 0.2) is 0 Å². The summed E-state index contributed by atoms with van der Waals surface area (Å²) in [7, 11) is -2.06. The van der Waals surface area contributed by atoms with E-state index in [1.165, 1.54) is 4.31 Å². The zero-order chi connectivity index (χ0) is 17.3. The van der Waals surface area contributed by atoms with Crippen molar-refractivity contribution in [3.05, 3.63) is 48.0 Å². The van der Waals surface area contributed by atoms with Crippen LogP contribution >= 0.6 is 0 Å². The molecular formula is C18H21NO4S. The summed E-state index contributed by atoms with van der Waals surface area (Å²) in [5, 5.41) is 0. The summed E-state index contributed by atoms with van der Waals surface area (Å²) < 4.78 is 38.2. The highest BCUT2D eigenvalue weighted by atomic mass is 32.2. The van der Waals surface area contributed by atoms with Crippen molar-refractivity contribution < 1.29 is 17.9 Å². The van der Waals surface area contributed by atoms with E-state index in [1.807, 2.05) is 12.1 Å². The molecule has 0 atom stereocenters. The molecule has 1 heterocycles. The van der Waals surface area contributed by atoms with Gasteiger partial charge in [0.1, 0.15) is 18.1 Å². The number of hydrogen-bond donors (Lipinski definition) is 0. The van der Waals surface area contributed by atoms with Crippen LogP contribution < -0.4 is 13.8 Å². The molecular weight excluding hydrogens is 326 g/mol. The number of anilines is 1. The lowest BCUT2D eigenvalue weighted by atomic mass is 10.0. The third-order valence-corrected chi connectivity index (χ3v) is 5.95. The van der Waals surface area contributed by atoms with Crippen LogP contribution in [0.1, 0.15) is 25.3 Å². The van der Waals surface area contributed by atoms with Crippen molar-refractivity contribution in [3.63, 3.8) is 0 Å². The number of rotatable bonds is 4. The first-order chi connectivity index (χ1) is 11.4. The average molecular weight is 347 g/mol. The fraction of sp³-hybridized carbons (Fsp3) is 0.333. The Morgan fingerprint density at radius 3 is 2.46 bits per heavy atom. The lowest BCUT2D eigenvalue weighted by Gasteiger charge is -2.30.